The van der Waals surface area contributed by atoms with Gasteiger partial charge < -0.3 is 5.32 Å². The highest BCUT2D eigenvalue weighted by atomic mass is 35.7. The van der Waals surface area contributed by atoms with Gasteiger partial charge in [-0.3, -0.25) is 4.79 Å². The zero-order valence-corrected chi connectivity index (χ0v) is 11.0. The van der Waals surface area contributed by atoms with Crippen LogP contribution in [0.3, 0.4) is 0 Å². The van der Waals surface area contributed by atoms with E-state index in [0.717, 1.165) is 0 Å². The number of anilines is 1. The van der Waals surface area contributed by atoms with Gasteiger partial charge in [0.15, 0.2) is 0 Å². The maximum absolute atomic E-state index is 11.7. The number of nitrogens with one attached hydrogen (secondary N) is 1. The Morgan fingerprint density at radius 1 is 1.35 bits per heavy atom. The predicted molar refractivity (Wildman–Crippen MR) is 65.7 cm³/mol. The molecule has 1 aliphatic rings. The molecule has 1 amide bonds. The van der Waals surface area contributed by atoms with Crippen molar-refractivity contribution in [2.45, 2.75) is 24.7 Å². The third kappa shape index (κ3) is 2.17. The highest BCUT2D eigenvalue weighted by Crippen LogP contribution is 2.38. The molecule has 1 aliphatic heterocycles. The third-order valence-electron chi connectivity index (χ3n) is 2.85. The Morgan fingerprint density at radius 3 is 2.53 bits per heavy atom. The normalized spacial score (nSPS) is 19.3. The van der Waals surface area contributed by atoms with Crippen molar-refractivity contribution in [3.63, 3.8) is 0 Å². The van der Waals surface area contributed by atoms with E-state index in [1.807, 2.05) is 13.8 Å². The number of rotatable bonds is 2. The van der Waals surface area contributed by atoms with Crippen LogP contribution in [0.25, 0.3) is 0 Å². The highest BCUT2D eigenvalue weighted by molar-refractivity contribution is 8.13. The van der Waals surface area contributed by atoms with Gasteiger partial charge in [-0.15, -0.1) is 0 Å². The van der Waals surface area contributed by atoms with Crippen LogP contribution in [0, 0.1) is 5.92 Å². The molecule has 1 atom stereocenters. The summed E-state index contributed by atoms with van der Waals surface area (Å²) in [4.78, 5) is 11.8. The minimum absolute atomic E-state index is 0.0278. The Hall–Kier alpha value is -1.07. The Balaban J connectivity index is 2.57. The van der Waals surface area contributed by atoms with Crippen LogP contribution in [0.4, 0.5) is 5.69 Å². The summed E-state index contributed by atoms with van der Waals surface area (Å²) >= 11 is 0. The first-order chi connectivity index (χ1) is 7.80. The minimum Gasteiger partial charge on any atom is -0.325 e. The molecule has 17 heavy (non-hydrogen) atoms. The fraction of sp³-hybridized carbons (Fsp3) is 0.364. The lowest BCUT2D eigenvalue weighted by Gasteiger charge is -2.12. The summed E-state index contributed by atoms with van der Waals surface area (Å²) in [5.41, 5.74) is 1.37. The fourth-order valence-corrected chi connectivity index (χ4v) is 2.86. The van der Waals surface area contributed by atoms with Crippen molar-refractivity contribution in [1.29, 1.82) is 0 Å². The maximum Gasteiger partial charge on any atom is 0.261 e. The van der Waals surface area contributed by atoms with Crippen molar-refractivity contribution in [3.8, 4) is 0 Å². The minimum atomic E-state index is -3.76. The Kier molecular flexibility index (Phi) is 2.91. The molecule has 0 fully saturated rings. The van der Waals surface area contributed by atoms with Crippen LogP contribution in [0.15, 0.2) is 23.1 Å². The standard InChI is InChI=1S/C11H12ClNO3S/c1-6(2)10-8-5-7(17(12,15)16)3-4-9(8)13-11(10)14/h3-6,10H,1-2H3,(H,13,14). The van der Waals surface area contributed by atoms with E-state index in [4.69, 9.17) is 10.7 Å². The molecule has 2 rings (SSSR count). The van der Waals surface area contributed by atoms with Crippen LogP contribution in [0.1, 0.15) is 25.3 Å². The third-order valence-corrected chi connectivity index (χ3v) is 4.20. The summed E-state index contributed by atoms with van der Waals surface area (Å²) in [5.74, 6) is -0.313. The number of hydrogen-bond acceptors (Lipinski definition) is 3. The molecule has 0 bridgehead atoms. The molecule has 1 aromatic carbocycles. The van der Waals surface area contributed by atoms with Crippen molar-refractivity contribution >= 4 is 31.3 Å². The number of fused-ring (bicyclic) bond motifs is 1. The van der Waals surface area contributed by atoms with E-state index in [1.54, 1.807) is 6.07 Å². The molecule has 0 radical (unpaired) electrons. The first-order valence-electron chi connectivity index (χ1n) is 5.20. The molecular weight excluding hydrogens is 262 g/mol. The smallest absolute Gasteiger partial charge is 0.261 e. The van der Waals surface area contributed by atoms with Crippen LogP contribution in [0.5, 0.6) is 0 Å². The van der Waals surface area contributed by atoms with Gasteiger partial charge in [-0.2, -0.15) is 0 Å². The zero-order chi connectivity index (χ0) is 12.8. The molecule has 1 unspecified atom stereocenters. The lowest BCUT2D eigenvalue weighted by atomic mass is 9.90. The summed E-state index contributed by atoms with van der Waals surface area (Å²) in [6, 6.07) is 4.44. The molecule has 1 aromatic rings. The molecule has 6 heteroatoms. The van der Waals surface area contributed by atoms with Crippen molar-refractivity contribution in [1.82, 2.24) is 0 Å². The van der Waals surface area contributed by atoms with E-state index in [1.165, 1.54) is 12.1 Å². The van der Waals surface area contributed by atoms with Crippen LogP contribution in [0.2, 0.25) is 0 Å². The topological polar surface area (TPSA) is 63.2 Å². The van der Waals surface area contributed by atoms with Gasteiger partial charge in [0.1, 0.15) is 0 Å². The maximum atomic E-state index is 11.7. The van der Waals surface area contributed by atoms with E-state index in [2.05, 4.69) is 5.32 Å². The molecule has 0 spiro atoms. The highest BCUT2D eigenvalue weighted by Gasteiger charge is 2.33. The quantitative estimate of drug-likeness (QED) is 0.841. The van der Waals surface area contributed by atoms with Gasteiger partial charge in [-0.1, -0.05) is 13.8 Å². The van der Waals surface area contributed by atoms with Crippen molar-refractivity contribution in [2.75, 3.05) is 5.32 Å². The number of carbonyl (C=O) groups excluding carboxylic acids is 1. The van der Waals surface area contributed by atoms with Gasteiger partial charge >= 0.3 is 0 Å². The van der Waals surface area contributed by atoms with Gasteiger partial charge in [-0.25, -0.2) is 8.42 Å². The van der Waals surface area contributed by atoms with E-state index < -0.39 is 9.05 Å². The number of benzene rings is 1. The Morgan fingerprint density at radius 2 is 2.00 bits per heavy atom. The molecular formula is C11H12ClNO3S. The van der Waals surface area contributed by atoms with Crippen LogP contribution < -0.4 is 5.32 Å². The molecule has 1 heterocycles. The van der Waals surface area contributed by atoms with Crippen molar-refractivity contribution in [3.05, 3.63) is 23.8 Å². The summed E-state index contributed by atoms with van der Waals surface area (Å²) in [7, 11) is 1.53. The second-order valence-corrected chi connectivity index (χ2v) is 6.96. The molecule has 1 N–H and O–H groups in total. The van der Waals surface area contributed by atoms with Gasteiger partial charge in [0.2, 0.25) is 5.91 Å². The van der Waals surface area contributed by atoms with Crippen molar-refractivity contribution in [2.24, 2.45) is 5.92 Å². The average Bonchev–Trinajstić information content (AvgIpc) is 2.50. The SMILES string of the molecule is CC(C)C1C(=O)Nc2ccc(S(=O)(=O)Cl)cc21. The lowest BCUT2D eigenvalue weighted by Crippen LogP contribution is -2.16. The van der Waals surface area contributed by atoms with Crippen LogP contribution >= 0.6 is 10.7 Å². The molecule has 0 saturated heterocycles. The van der Waals surface area contributed by atoms with Crippen LogP contribution in [-0.4, -0.2) is 14.3 Å². The van der Waals surface area contributed by atoms with Gasteiger partial charge in [-0.05, 0) is 29.7 Å². The van der Waals surface area contributed by atoms with E-state index in [0.29, 0.717) is 11.3 Å². The summed E-state index contributed by atoms with van der Waals surface area (Å²) in [5, 5.41) is 2.73. The molecule has 0 aliphatic carbocycles. The number of amides is 1. The number of carbonyl (C=O) groups is 1. The summed E-state index contributed by atoms with van der Waals surface area (Å²) in [6.07, 6.45) is 0. The summed E-state index contributed by atoms with van der Waals surface area (Å²) < 4.78 is 22.5. The zero-order valence-electron chi connectivity index (χ0n) is 9.40. The first-order valence-corrected chi connectivity index (χ1v) is 7.51. The van der Waals surface area contributed by atoms with Crippen molar-refractivity contribution < 1.29 is 13.2 Å². The molecule has 0 saturated carbocycles. The van der Waals surface area contributed by atoms with E-state index in [9.17, 15) is 13.2 Å². The Labute approximate surface area is 104 Å². The van der Waals surface area contributed by atoms with Crippen LogP contribution in [-0.2, 0) is 13.8 Å². The average molecular weight is 274 g/mol. The molecule has 0 aromatic heterocycles. The Bertz CT molecular complexity index is 580. The largest absolute Gasteiger partial charge is 0.325 e. The fourth-order valence-electron chi connectivity index (χ4n) is 2.08. The first kappa shape index (κ1) is 12.4. The predicted octanol–water partition coefficient (Wildman–Crippen LogP) is 2.31. The van der Waals surface area contributed by atoms with Gasteiger partial charge in [0, 0.05) is 16.4 Å². The number of halogens is 1. The summed E-state index contributed by atoms with van der Waals surface area (Å²) in [6.45, 7) is 3.84. The second kappa shape index (κ2) is 3.99. The lowest BCUT2D eigenvalue weighted by molar-refractivity contribution is -0.117. The number of hydrogen-bond donors (Lipinski definition) is 1. The van der Waals surface area contributed by atoms with Gasteiger partial charge in [0.25, 0.3) is 9.05 Å². The monoisotopic (exact) mass is 273 g/mol. The molecule has 92 valence electrons. The van der Waals surface area contributed by atoms with Gasteiger partial charge in [0.05, 0.1) is 10.8 Å². The molecule has 4 nitrogen and oxygen atoms in total. The second-order valence-electron chi connectivity index (χ2n) is 4.40. The van der Waals surface area contributed by atoms with E-state index >= 15 is 0 Å². The van der Waals surface area contributed by atoms with E-state index in [-0.39, 0.29) is 22.6 Å².